The van der Waals surface area contributed by atoms with E-state index in [-0.39, 0.29) is 37.6 Å². The fourth-order valence-corrected chi connectivity index (χ4v) is 7.45. The molecule has 0 aromatic heterocycles. The van der Waals surface area contributed by atoms with E-state index in [0.29, 0.717) is 54.0 Å². The van der Waals surface area contributed by atoms with Gasteiger partial charge in [0.2, 0.25) is 11.9 Å². The van der Waals surface area contributed by atoms with Crippen LogP contribution < -0.4 is 10.6 Å². The summed E-state index contributed by atoms with van der Waals surface area (Å²) in [5.74, 6) is -2.46. The number of anilines is 4. The average Bonchev–Trinajstić information content (AvgIpc) is 3.59. The Morgan fingerprint density at radius 2 is 1.02 bits per heavy atom. The van der Waals surface area contributed by atoms with Crippen molar-refractivity contribution in [1.82, 2.24) is 0 Å². The minimum Gasteiger partial charge on any atom is -0.485 e. The van der Waals surface area contributed by atoms with Gasteiger partial charge >= 0.3 is 17.9 Å². The molecule has 1 aliphatic heterocycles. The van der Waals surface area contributed by atoms with E-state index in [4.69, 9.17) is 70.1 Å². The monoisotopic (exact) mass is 910 g/mol. The highest BCUT2D eigenvalue weighted by Crippen LogP contribution is 2.36. The molecular weight excluding hydrogens is 874 g/mol. The average molecular weight is 913 g/mol. The predicted octanol–water partition coefficient (Wildman–Crippen LogP) is 11.6. The van der Waals surface area contributed by atoms with Crippen LogP contribution in [0.15, 0.2) is 157 Å². The van der Waals surface area contributed by atoms with Crippen LogP contribution in [0.2, 0.25) is 20.1 Å². The minimum atomic E-state index is -1.38. The highest BCUT2D eigenvalue weighted by Gasteiger charge is 2.45. The lowest BCUT2D eigenvalue weighted by Crippen LogP contribution is -2.39. The number of cyclic esters (lactones) is 1. The Morgan fingerprint density at radius 1 is 0.565 bits per heavy atom. The van der Waals surface area contributed by atoms with E-state index in [9.17, 15) is 14.4 Å². The summed E-state index contributed by atoms with van der Waals surface area (Å²) in [5, 5.41) is 7.97. The first-order valence-electron chi connectivity index (χ1n) is 19.3. The summed E-state index contributed by atoms with van der Waals surface area (Å²) in [5.41, 5.74) is 4.72. The van der Waals surface area contributed by atoms with Crippen LogP contribution in [-0.2, 0) is 64.1 Å². The normalized spacial score (nSPS) is 13.8. The summed E-state index contributed by atoms with van der Waals surface area (Å²) < 4.78 is 30.1. The second-order valence-electron chi connectivity index (χ2n) is 13.9. The second kappa shape index (κ2) is 21.1. The maximum absolute atomic E-state index is 14.0. The molecule has 0 bridgehead atoms. The highest BCUT2D eigenvalue weighted by atomic mass is 35.5. The van der Waals surface area contributed by atoms with Gasteiger partial charge in [0.05, 0.1) is 44.3 Å². The third kappa shape index (κ3) is 11.4. The standard InChI is InChI=1S/C48H38Cl4N2O8/c49-34-19-11-20-35(50)43(34)53-38-23-9-7-17-32(38)25-41(55)58-29-40(61-42(56)26-33-18-8-10-24-39(33)54-44-36(51)21-12-22-37(44)52)45-46(59-27-30-13-3-1-4-14-30)47(48(57)62-45)60-28-31-15-5-2-6-16-31/h1-24,40,45,53-54H,25-29H2/t40-,45-/m1/s1. The maximum Gasteiger partial charge on any atom is 0.378 e. The van der Waals surface area contributed by atoms with Crippen molar-refractivity contribution in [2.75, 3.05) is 17.2 Å². The van der Waals surface area contributed by atoms with E-state index in [1.165, 1.54) is 0 Å². The number of para-hydroxylation sites is 4. The highest BCUT2D eigenvalue weighted by molar-refractivity contribution is 6.40. The molecule has 0 spiro atoms. The molecule has 0 saturated carbocycles. The lowest BCUT2D eigenvalue weighted by molar-refractivity contribution is -0.171. The minimum absolute atomic E-state index is 0.0156. The summed E-state index contributed by atoms with van der Waals surface area (Å²) >= 11 is 25.7. The number of hydrogen-bond donors (Lipinski definition) is 2. The van der Waals surface area contributed by atoms with Gasteiger partial charge in [0.25, 0.3) is 0 Å². The van der Waals surface area contributed by atoms with Gasteiger partial charge in [-0.1, -0.05) is 156 Å². The molecule has 14 heteroatoms. The van der Waals surface area contributed by atoms with Gasteiger partial charge in [-0.15, -0.1) is 0 Å². The van der Waals surface area contributed by atoms with Crippen LogP contribution in [0, 0.1) is 0 Å². The summed E-state index contributed by atoms with van der Waals surface area (Å²) in [4.78, 5) is 41.2. The van der Waals surface area contributed by atoms with Crippen LogP contribution in [-0.4, -0.2) is 36.7 Å². The molecule has 6 aromatic rings. The Bertz CT molecular complexity index is 2530. The lowest BCUT2D eigenvalue weighted by atomic mass is 10.1. The predicted molar refractivity (Wildman–Crippen MR) is 240 cm³/mol. The van der Waals surface area contributed by atoms with Gasteiger partial charge in [-0.3, -0.25) is 9.59 Å². The van der Waals surface area contributed by atoms with Crippen molar-refractivity contribution in [2.24, 2.45) is 0 Å². The van der Waals surface area contributed by atoms with Crippen molar-refractivity contribution in [2.45, 2.75) is 38.3 Å². The molecule has 1 heterocycles. The molecule has 0 amide bonds. The van der Waals surface area contributed by atoms with Gasteiger partial charge in [0, 0.05) is 11.4 Å². The molecule has 0 unspecified atom stereocenters. The quantitative estimate of drug-likeness (QED) is 0.0637. The molecule has 0 aliphatic carbocycles. The molecule has 2 atom stereocenters. The Hall–Kier alpha value is -6.17. The molecule has 316 valence electrons. The Kier molecular flexibility index (Phi) is 14.9. The van der Waals surface area contributed by atoms with E-state index in [0.717, 1.165) is 11.1 Å². The Labute approximate surface area is 378 Å². The Balaban J connectivity index is 1.15. The summed E-state index contributed by atoms with van der Waals surface area (Å²) in [7, 11) is 0. The molecule has 7 rings (SSSR count). The number of rotatable bonds is 18. The zero-order valence-electron chi connectivity index (χ0n) is 32.8. The fraction of sp³-hybridized carbons (Fsp3) is 0.146. The molecular formula is C48H38Cl4N2O8. The second-order valence-corrected chi connectivity index (χ2v) is 15.5. The van der Waals surface area contributed by atoms with E-state index in [1.54, 1.807) is 84.9 Å². The number of carbonyl (C=O) groups is 3. The summed E-state index contributed by atoms with van der Waals surface area (Å²) in [6, 6.07) is 42.9. The van der Waals surface area contributed by atoms with Gasteiger partial charge in [0.1, 0.15) is 19.8 Å². The van der Waals surface area contributed by atoms with Crippen molar-refractivity contribution in [3.05, 3.63) is 199 Å². The van der Waals surface area contributed by atoms with Crippen LogP contribution in [0.25, 0.3) is 0 Å². The topological polar surface area (TPSA) is 121 Å². The van der Waals surface area contributed by atoms with E-state index in [1.807, 2.05) is 60.7 Å². The van der Waals surface area contributed by atoms with Gasteiger partial charge in [-0.25, -0.2) is 4.79 Å². The molecule has 6 aromatic carbocycles. The van der Waals surface area contributed by atoms with Crippen molar-refractivity contribution >= 4 is 87.1 Å². The molecule has 0 saturated heterocycles. The number of hydrogen-bond acceptors (Lipinski definition) is 10. The van der Waals surface area contributed by atoms with Gasteiger partial charge in [-0.05, 0) is 58.7 Å². The number of carbonyl (C=O) groups excluding carboxylic acids is 3. The number of esters is 3. The molecule has 2 N–H and O–H groups in total. The number of nitrogens with one attached hydrogen (secondary N) is 2. The van der Waals surface area contributed by atoms with Crippen LogP contribution in [0.4, 0.5) is 22.7 Å². The maximum atomic E-state index is 14.0. The van der Waals surface area contributed by atoms with Crippen molar-refractivity contribution in [1.29, 1.82) is 0 Å². The van der Waals surface area contributed by atoms with Crippen LogP contribution in [0.5, 0.6) is 0 Å². The lowest BCUT2D eigenvalue weighted by Gasteiger charge is -2.25. The van der Waals surface area contributed by atoms with Crippen molar-refractivity contribution < 1.29 is 38.1 Å². The van der Waals surface area contributed by atoms with E-state index >= 15 is 0 Å². The molecule has 62 heavy (non-hydrogen) atoms. The largest absolute Gasteiger partial charge is 0.485 e. The molecule has 0 fully saturated rings. The SMILES string of the molecule is O=C(Cc1ccccc1Nc1c(Cl)cccc1Cl)OC[C@@H](OC(=O)Cc1ccccc1Nc1c(Cl)cccc1Cl)[C@H]1OC(=O)C(OCc2ccccc2)=C1OCc1ccccc1. The van der Waals surface area contributed by atoms with Crippen LogP contribution >= 0.6 is 46.4 Å². The fourth-order valence-electron chi connectivity index (χ4n) is 6.47. The van der Waals surface area contributed by atoms with Gasteiger partial charge in [0.15, 0.2) is 11.9 Å². The first-order valence-corrected chi connectivity index (χ1v) is 20.9. The van der Waals surface area contributed by atoms with Crippen molar-refractivity contribution in [3.63, 3.8) is 0 Å². The zero-order valence-corrected chi connectivity index (χ0v) is 35.8. The first kappa shape index (κ1) is 43.9. The number of halogens is 4. The summed E-state index contributed by atoms with van der Waals surface area (Å²) in [6.07, 6.45) is -3.19. The smallest absolute Gasteiger partial charge is 0.378 e. The van der Waals surface area contributed by atoms with E-state index < -0.39 is 36.7 Å². The van der Waals surface area contributed by atoms with Crippen LogP contribution in [0.3, 0.4) is 0 Å². The molecule has 0 radical (unpaired) electrons. The van der Waals surface area contributed by atoms with Gasteiger partial charge in [-0.2, -0.15) is 0 Å². The van der Waals surface area contributed by atoms with Crippen molar-refractivity contribution in [3.8, 4) is 0 Å². The first-order chi connectivity index (χ1) is 30.1. The zero-order chi connectivity index (χ0) is 43.4. The summed E-state index contributed by atoms with van der Waals surface area (Å²) in [6.45, 7) is -0.486. The third-order valence-electron chi connectivity index (χ3n) is 9.54. The third-order valence-corrected chi connectivity index (χ3v) is 10.8. The molecule has 10 nitrogen and oxygen atoms in total. The number of benzene rings is 6. The number of ether oxygens (including phenoxy) is 5. The molecule has 1 aliphatic rings. The van der Waals surface area contributed by atoms with Crippen LogP contribution in [0.1, 0.15) is 22.3 Å². The van der Waals surface area contributed by atoms with E-state index in [2.05, 4.69) is 10.6 Å². The Morgan fingerprint density at radius 3 is 1.53 bits per heavy atom. The van der Waals surface area contributed by atoms with Gasteiger partial charge < -0.3 is 34.3 Å².